The lowest BCUT2D eigenvalue weighted by Crippen LogP contribution is -2.14. The van der Waals surface area contributed by atoms with Crippen LogP contribution in [0.3, 0.4) is 0 Å². The molecule has 0 unspecified atom stereocenters. The zero-order valence-electron chi connectivity index (χ0n) is 13.5. The molecule has 4 nitrogen and oxygen atoms in total. The van der Waals surface area contributed by atoms with E-state index in [-0.39, 0.29) is 17.0 Å². The van der Waals surface area contributed by atoms with Gasteiger partial charge in [0.25, 0.3) is 0 Å². The monoisotopic (exact) mass is 388 g/mol. The Kier molecular flexibility index (Phi) is 4.37. The maximum atomic E-state index is 13.5. The molecular formula is C17H10F6N2O2. The lowest BCUT2D eigenvalue weighted by molar-refractivity contribution is -0.138. The van der Waals surface area contributed by atoms with E-state index in [1.807, 2.05) is 0 Å². The number of halogens is 6. The van der Waals surface area contributed by atoms with Crippen LogP contribution >= 0.6 is 0 Å². The Hall–Kier alpha value is -3.04. The van der Waals surface area contributed by atoms with E-state index in [0.717, 1.165) is 37.3 Å². The number of hydrogen-bond donors (Lipinski definition) is 1. The van der Waals surface area contributed by atoms with Crippen LogP contribution in [0.15, 0.2) is 40.8 Å². The fourth-order valence-electron chi connectivity index (χ4n) is 2.49. The summed E-state index contributed by atoms with van der Waals surface area (Å²) in [6, 6.07) is 5.90. The van der Waals surface area contributed by atoms with Crippen molar-refractivity contribution in [1.82, 2.24) is 4.98 Å². The van der Waals surface area contributed by atoms with Gasteiger partial charge in [0.15, 0.2) is 5.58 Å². The molecule has 0 fully saturated rings. The maximum absolute atomic E-state index is 13.5. The molecule has 1 aromatic heterocycles. The third-order valence-electron chi connectivity index (χ3n) is 3.61. The molecule has 0 aliphatic rings. The van der Waals surface area contributed by atoms with Crippen LogP contribution in [-0.4, -0.2) is 10.9 Å². The van der Waals surface area contributed by atoms with Gasteiger partial charge in [0, 0.05) is 12.5 Å². The van der Waals surface area contributed by atoms with Crippen molar-refractivity contribution in [2.45, 2.75) is 19.3 Å². The van der Waals surface area contributed by atoms with E-state index >= 15 is 0 Å². The summed E-state index contributed by atoms with van der Waals surface area (Å²) in [5.41, 5.74) is -3.33. The number of nitrogens with zero attached hydrogens (tertiary/aromatic N) is 1. The normalized spacial score (nSPS) is 12.4. The molecule has 0 atom stereocenters. The summed E-state index contributed by atoms with van der Waals surface area (Å²) in [5, 5.41) is 2.07. The van der Waals surface area contributed by atoms with E-state index < -0.39 is 40.7 Å². The predicted octanol–water partition coefficient (Wildman–Crippen LogP) is 5.49. The topological polar surface area (TPSA) is 55.1 Å². The fourth-order valence-corrected chi connectivity index (χ4v) is 2.49. The number of aromatic nitrogens is 1. The number of hydrogen-bond acceptors (Lipinski definition) is 3. The Morgan fingerprint density at radius 2 is 1.59 bits per heavy atom. The first-order chi connectivity index (χ1) is 12.5. The molecule has 0 saturated carbocycles. The summed E-state index contributed by atoms with van der Waals surface area (Å²) in [6.07, 6.45) is -9.40. The molecule has 0 radical (unpaired) electrons. The van der Waals surface area contributed by atoms with Gasteiger partial charge in [-0.2, -0.15) is 26.3 Å². The number of alkyl halides is 6. The quantitative estimate of drug-likeness (QED) is 0.591. The van der Waals surface area contributed by atoms with Gasteiger partial charge < -0.3 is 9.73 Å². The molecule has 10 heteroatoms. The first-order valence-electron chi connectivity index (χ1n) is 7.43. The minimum atomic E-state index is -4.85. The van der Waals surface area contributed by atoms with E-state index in [1.54, 1.807) is 0 Å². The number of amides is 1. The third-order valence-corrected chi connectivity index (χ3v) is 3.61. The third kappa shape index (κ3) is 3.74. The van der Waals surface area contributed by atoms with E-state index in [9.17, 15) is 31.1 Å². The molecule has 27 heavy (non-hydrogen) atoms. The second-order valence-electron chi connectivity index (χ2n) is 5.61. The van der Waals surface area contributed by atoms with Gasteiger partial charge >= 0.3 is 12.4 Å². The first kappa shape index (κ1) is 18.7. The SMILES string of the molecule is CC(=O)Nc1ccc2nc(-c3ccc(C(F)(F)F)cc3)oc2c1C(F)(F)F. The molecule has 0 spiro atoms. The van der Waals surface area contributed by atoms with Gasteiger partial charge in [0.1, 0.15) is 11.1 Å². The van der Waals surface area contributed by atoms with Gasteiger partial charge in [-0.25, -0.2) is 4.98 Å². The number of nitrogens with one attached hydrogen (secondary N) is 1. The molecule has 3 aromatic rings. The Labute approximate surface area is 147 Å². The standard InChI is InChI=1S/C17H10F6N2O2/c1-8(26)24-11-6-7-12-14(13(11)17(21,22)23)27-15(25-12)9-2-4-10(5-3-9)16(18,19)20/h2-7H,1H3,(H,24,26). The van der Waals surface area contributed by atoms with Crippen molar-refractivity contribution in [2.24, 2.45) is 0 Å². The maximum Gasteiger partial charge on any atom is 0.422 e. The van der Waals surface area contributed by atoms with Crippen molar-refractivity contribution in [1.29, 1.82) is 0 Å². The van der Waals surface area contributed by atoms with Crippen LogP contribution in [0, 0.1) is 0 Å². The molecule has 3 rings (SSSR count). The molecule has 0 aliphatic heterocycles. The van der Waals surface area contributed by atoms with Gasteiger partial charge in [-0.3, -0.25) is 4.79 Å². The molecule has 1 N–H and O–H groups in total. The lowest BCUT2D eigenvalue weighted by atomic mass is 10.1. The number of carbonyl (C=O) groups excluding carboxylic acids is 1. The Bertz CT molecular complexity index is 1000. The van der Waals surface area contributed by atoms with E-state index in [0.29, 0.717) is 0 Å². The van der Waals surface area contributed by atoms with Crippen molar-refractivity contribution in [3.8, 4) is 11.5 Å². The largest absolute Gasteiger partial charge is 0.435 e. The van der Waals surface area contributed by atoms with Crippen LogP contribution < -0.4 is 5.32 Å². The second kappa shape index (κ2) is 6.29. The van der Waals surface area contributed by atoms with Gasteiger partial charge in [0.05, 0.1) is 11.3 Å². The van der Waals surface area contributed by atoms with E-state index in [2.05, 4.69) is 10.3 Å². The average Bonchev–Trinajstić information content (AvgIpc) is 2.96. The molecule has 0 aliphatic carbocycles. The minimum absolute atomic E-state index is 0.0772. The smallest absolute Gasteiger partial charge is 0.422 e. The van der Waals surface area contributed by atoms with E-state index in [1.165, 1.54) is 6.07 Å². The van der Waals surface area contributed by atoms with E-state index in [4.69, 9.17) is 4.42 Å². The number of carbonyl (C=O) groups is 1. The number of fused-ring (bicyclic) bond motifs is 1. The fraction of sp³-hybridized carbons (Fsp3) is 0.176. The van der Waals surface area contributed by atoms with Crippen molar-refractivity contribution < 1.29 is 35.6 Å². The zero-order chi connectivity index (χ0) is 20.0. The van der Waals surface area contributed by atoms with Crippen LogP contribution in [0.1, 0.15) is 18.1 Å². The van der Waals surface area contributed by atoms with Crippen LogP contribution in [0.4, 0.5) is 32.0 Å². The number of oxazole rings is 1. The predicted molar refractivity (Wildman–Crippen MR) is 83.8 cm³/mol. The van der Waals surface area contributed by atoms with Gasteiger partial charge in [-0.15, -0.1) is 0 Å². The van der Waals surface area contributed by atoms with Crippen molar-refractivity contribution in [2.75, 3.05) is 5.32 Å². The van der Waals surface area contributed by atoms with Crippen LogP contribution in [-0.2, 0) is 17.1 Å². The molecule has 142 valence electrons. The highest BCUT2D eigenvalue weighted by Gasteiger charge is 2.38. The minimum Gasteiger partial charge on any atom is -0.435 e. The number of benzene rings is 2. The molecule has 0 saturated heterocycles. The van der Waals surface area contributed by atoms with Crippen molar-refractivity contribution in [3.05, 3.63) is 47.5 Å². The highest BCUT2D eigenvalue weighted by Crippen LogP contribution is 2.41. The van der Waals surface area contributed by atoms with Crippen LogP contribution in [0.5, 0.6) is 0 Å². The van der Waals surface area contributed by atoms with Crippen molar-refractivity contribution >= 4 is 22.7 Å². The summed E-state index contributed by atoms with van der Waals surface area (Å²) in [7, 11) is 0. The van der Waals surface area contributed by atoms with Crippen molar-refractivity contribution in [3.63, 3.8) is 0 Å². The highest BCUT2D eigenvalue weighted by atomic mass is 19.4. The van der Waals surface area contributed by atoms with Crippen LogP contribution in [0.25, 0.3) is 22.6 Å². The molecule has 1 amide bonds. The first-order valence-corrected chi connectivity index (χ1v) is 7.43. The van der Waals surface area contributed by atoms with Gasteiger partial charge in [-0.05, 0) is 36.4 Å². The van der Waals surface area contributed by atoms with Gasteiger partial charge in [0.2, 0.25) is 11.8 Å². The highest BCUT2D eigenvalue weighted by molar-refractivity contribution is 5.94. The average molecular weight is 388 g/mol. The molecule has 0 bridgehead atoms. The summed E-state index contributed by atoms with van der Waals surface area (Å²) < 4.78 is 83.4. The number of rotatable bonds is 2. The summed E-state index contributed by atoms with van der Waals surface area (Å²) in [4.78, 5) is 15.1. The lowest BCUT2D eigenvalue weighted by Gasteiger charge is -2.12. The van der Waals surface area contributed by atoms with Gasteiger partial charge in [-0.1, -0.05) is 0 Å². The van der Waals surface area contributed by atoms with Crippen LogP contribution in [0.2, 0.25) is 0 Å². The molecule has 2 aromatic carbocycles. The number of anilines is 1. The second-order valence-corrected chi connectivity index (χ2v) is 5.61. The zero-order valence-corrected chi connectivity index (χ0v) is 13.5. The molecule has 1 heterocycles. The Morgan fingerprint density at radius 1 is 0.963 bits per heavy atom. The summed E-state index contributed by atoms with van der Waals surface area (Å²) in [5.74, 6) is -0.980. The summed E-state index contributed by atoms with van der Waals surface area (Å²) in [6.45, 7) is 1.05. The Balaban J connectivity index is 2.13. The Morgan fingerprint density at radius 3 is 2.11 bits per heavy atom. The molecular weight excluding hydrogens is 378 g/mol. The summed E-state index contributed by atoms with van der Waals surface area (Å²) >= 11 is 0.